The number of benzene rings is 1. The standard InChI is InChI=1S/C14H15F2N3O2/c1-21-5-4-17-8-10-7-13(20)19-14(18-10)9-2-3-11(15)12(16)6-9/h2-3,6-7,17H,4-5,8H2,1H3,(H,18,19,20). The van der Waals surface area contributed by atoms with Crippen molar-refractivity contribution in [3.63, 3.8) is 0 Å². The summed E-state index contributed by atoms with van der Waals surface area (Å²) in [5, 5.41) is 3.05. The number of aromatic amines is 1. The average Bonchev–Trinajstić information content (AvgIpc) is 2.46. The van der Waals surface area contributed by atoms with Crippen LogP contribution in [0.1, 0.15) is 5.69 Å². The molecule has 0 fully saturated rings. The van der Waals surface area contributed by atoms with Crippen LogP contribution < -0.4 is 10.9 Å². The fourth-order valence-corrected chi connectivity index (χ4v) is 1.77. The molecule has 2 N–H and O–H groups in total. The smallest absolute Gasteiger partial charge is 0.251 e. The van der Waals surface area contributed by atoms with Crippen molar-refractivity contribution in [1.82, 2.24) is 15.3 Å². The second-order valence-electron chi connectivity index (χ2n) is 4.38. The Bertz CT molecular complexity index is 674. The van der Waals surface area contributed by atoms with Gasteiger partial charge in [0.05, 0.1) is 12.3 Å². The number of hydrogen-bond acceptors (Lipinski definition) is 4. The number of hydrogen-bond donors (Lipinski definition) is 2. The molecular weight excluding hydrogens is 280 g/mol. The Hall–Kier alpha value is -2.12. The highest BCUT2D eigenvalue weighted by Gasteiger charge is 2.08. The lowest BCUT2D eigenvalue weighted by Crippen LogP contribution is -2.21. The first-order chi connectivity index (χ1) is 10.1. The van der Waals surface area contributed by atoms with Gasteiger partial charge in [-0.15, -0.1) is 0 Å². The maximum absolute atomic E-state index is 13.2. The Labute approximate surface area is 120 Å². The van der Waals surface area contributed by atoms with Crippen molar-refractivity contribution in [2.24, 2.45) is 0 Å². The molecular formula is C14H15F2N3O2. The van der Waals surface area contributed by atoms with Gasteiger partial charge in [0.25, 0.3) is 5.56 Å². The maximum Gasteiger partial charge on any atom is 0.251 e. The van der Waals surface area contributed by atoms with Gasteiger partial charge in [-0.3, -0.25) is 4.79 Å². The van der Waals surface area contributed by atoms with E-state index in [2.05, 4.69) is 15.3 Å². The number of nitrogens with zero attached hydrogens (tertiary/aromatic N) is 1. The minimum atomic E-state index is -0.987. The molecule has 0 aliphatic carbocycles. The van der Waals surface area contributed by atoms with E-state index in [4.69, 9.17) is 4.74 Å². The van der Waals surface area contributed by atoms with Crippen molar-refractivity contribution in [3.05, 3.63) is 51.9 Å². The van der Waals surface area contributed by atoms with E-state index in [1.807, 2.05) is 0 Å². The molecule has 2 rings (SSSR count). The van der Waals surface area contributed by atoms with Crippen LogP contribution in [0.4, 0.5) is 8.78 Å². The van der Waals surface area contributed by atoms with E-state index in [0.29, 0.717) is 31.0 Å². The van der Waals surface area contributed by atoms with Crippen molar-refractivity contribution in [2.75, 3.05) is 20.3 Å². The lowest BCUT2D eigenvalue weighted by Gasteiger charge is -2.06. The number of rotatable bonds is 6. The van der Waals surface area contributed by atoms with Gasteiger partial charge in [-0.25, -0.2) is 13.8 Å². The number of H-pyrrole nitrogens is 1. The molecule has 0 amide bonds. The molecule has 0 aliphatic heterocycles. The molecule has 0 aliphatic rings. The molecule has 5 nitrogen and oxygen atoms in total. The van der Waals surface area contributed by atoms with Crippen molar-refractivity contribution in [1.29, 1.82) is 0 Å². The molecule has 0 saturated heterocycles. The van der Waals surface area contributed by atoms with Gasteiger partial charge in [0.15, 0.2) is 11.6 Å². The summed E-state index contributed by atoms with van der Waals surface area (Å²) in [6, 6.07) is 4.70. The van der Waals surface area contributed by atoms with Crippen molar-refractivity contribution in [3.8, 4) is 11.4 Å². The molecule has 0 atom stereocenters. The summed E-state index contributed by atoms with van der Waals surface area (Å²) in [5.41, 5.74) is 0.465. The Kier molecular flexibility index (Phi) is 5.13. The van der Waals surface area contributed by atoms with E-state index in [9.17, 15) is 13.6 Å². The van der Waals surface area contributed by atoms with E-state index in [0.717, 1.165) is 12.1 Å². The topological polar surface area (TPSA) is 67.0 Å². The molecule has 1 aromatic heterocycles. The second-order valence-corrected chi connectivity index (χ2v) is 4.38. The van der Waals surface area contributed by atoms with Gasteiger partial charge < -0.3 is 15.0 Å². The Balaban J connectivity index is 2.21. The van der Waals surface area contributed by atoms with Crippen LogP contribution in [0, 0.1) is 11.6 Å². The molecule has 1 aromatic carbocycles. The van der Waals surface area contributed by atoms with E-state index in [1.165, 1.54) is 12.1 Å². The first kappa shape index (κ1) is 15.3. The van der Waals surface area contributed by atoms with Crippen LogP contribution >= 0.6 is 0 Å². The van der Waals surface area contributed by atoms with Crippen LogP contribution in [0.3, 0.4) is 0 Å². The summed E-state index contributed by atoms with van der Waals surface area (Å²) in [4.78, 5) is 18.3. The number of halogens is 2. The van der Waals surface area contributed by atoms with Crippen LogP contribution in [0.15, 0.2) is 29.1 Å². The van der Waals surface area contributed by atoms with E-state index in [1.54, 1.807) is 7.11 Å². The quantitative estimate of drug-likeness (QED) is 0.792. The van der Waals surface area contributed by atoms with Crippen molar-refractivity contribution < 1.29 is 13.5 Å². The monoisotopic (exact) mass is 295 g/mol. The zero-order chi connectivity index (χ0) is 15.2. The van der Waals surface area contributed by atoms with Gasteiger partial charge in [0.2, 0.25) is 0 Å². The predicted octanol–water partition coefficient (Wildman–Crippen LogP) is 1.45. The zero-order valence-corrected chi connectivity index (χ0v) is 11.5. The lowest BCUT2D eigenvalue weighted by molar-refractivity contribution is 0.199. The number of nitrogens with one attached hydrogen (secondary N) is 2. The van der Waals surface area contributed by atoms with Crippen LogP contribution in [0.5, 0.6) is 0 Å². The van der Waals surface area contributed by atoms with Crippen molar-refractivity contribution in [2.45, 2.75) is 6.54 Å². The Morgan fingerprint density at radius 1 is 1.29 bits per heavy atom. The summed E-state index contributed by atoms with van der Waals surface area (Å²) in [6.45, 7) is 1.54. The molecule has 0 bridgehead atoms. The van der Waals surface area contributed by atoms with Gasteiger partial charge >= 0.3 is 0 Å². The highest BCUT2D eigenvalue weighted by molar-refractivity contribution is 5.54. The lowest BCUT2D eigenvalue weighted by atomic mass is 10.2. The van der Waals surface area contributed by atoms with E-state index >= 15 is 0 Å². The zero-order valence-electron chi connectivity index (χ0n) is 11.5. The van der Waals surface area contributed by atoms with E-state index in [-0.39, 0.29) is 11.4 Å². The number of aromatic nitrogens is 2. The van der Waals surface area contributed by atoms with Crippen LogP contribution in [-0.2, 0) is 11.3 Å². The average molecular weight is 295 g/mol. The van der Waals surface area contributed by atoms with Gasteiger partial charge in [0.1, 0.15) is 5.82 Å². The largest absolute Gasteiger partial charge is 0.383 e. The fourth-order valence-electron chi connectivity index (χ4n) is 1.77. The summed E-state index contributed by atoms with van der Waals surface area (Å²) in [6.07, 6.45) is 0. The number of ether oxygens (including phenoxy) is 1. The normalized spacial score (nSPS) is 10.8. The van der Waals surface area contributed by atoms with Gasteiger partial charge in [0, 0.05) is 31.8 Å². The fraction of sp³-hybridized carbons (Fsp3) is 0.286. The maximum atomic E-state index is 13.2. The molecule has 2 aromatic rings. The summed E-state index contributed by atoms with van der Waals surface area (Å²) in [5.74, 6) is -1.73. The molecule has 0 spiro atoms. The predicted molar refractivity (Wildman–Crippen MR) is 73.8 cm³/mol. The molecule has 0 unspecified atom stereocenters. The minimum Gasteiger partial charge on any atom is -0.383 e. The first-order valence-electron chi connectivity index (χ1n) is 6.35. The molecule has 1 heterocycles. The summed E-state index contributed by atoms with van der Waals surface area (Å²) < 4.78 is 31.0. The summed E-state index contributed by atoms with van der Waals surface area (Å²) in [7, 11) is 1.59. The first-order valence-corrected chi connectivity index (χ1v) is 6.35. The van der Waals surface area contributed by atoms with Gasteiger partial charge in [-0.2, -0.15) is 0 Å². The molecule has 0 saturated carbocycles. The minimum absolute atomic E-state index is 0.199. The SMILES string of the molecule is COCCNCc1cc(=O)[nH]c(-c2ccc(F)c(F)c2)n1. The van der Waals surface area contributed by atoms with Gasteiger partial charge in [-0.1, -0.05) is 0 Å². The van der Waals surface area contributed by atoms with E-state index < -0.39 is 11.6 Å². The Morgan fingerprint density at radius 3 is 2.81 bits per heavy atom. The van der Waals surface area contributed by atoms with Gasteiger partial charge in [-0.05, 0) is 18.2 Å². The third-order valence-electron chi connectivity index (χ3n) is 2.78. The molecule has 7 heteroatoms. The van der Waals surface area contributed by atoms with Crippen LogP contribution in [-0.4, -0.2) is 30.2 Å². The third-order valence-corrected chi connectivity index (χ3v) is 2.78. The second kappa shape index (κ2) is 7.05. The highest BCUT2D eigenvalue weighted by atomic mass is 19.2. The Morgan fingerprint density at radius 2 is 2.10 bits per heavy atom. The van der Waals surface area contributed by atoms with Crippen LogP contribution in [0.25, 0.3) is 11.4 Å². The third kappa shape index (κ3) is 4.17. The van der Waals surface area contributed by atoms with Crippen LogP contribution in [0.2, 0.25) is 0 Å². The molecule has 21 heavy (non-hydrogen) atoms. The molecule has 0 radical (unpaired) electrons. The summed E-state index contributed by atoms with van der Waals surface area (Å²) >= 11 is 0. The molecule has 112 valence electrons. The van der Waals surface area contributed by atoms with Crippen molar-refractivity contribution >= 4 is 0 Å². The highest BCUT2D eigenvalue weighted by Crippen LogP contribution is 2.17. The number of methoxy groups -OCH3 is 1.